The van der Waals surface area contributed by atoms with Gasteiger partial charge in [-0.3, -0.25) is 24.4 Å². The first kappa shape index (κ1) is 32.3. The number of nitrogens with one attached hydrogen (secondary N) is 2. The van der Waals surface area contributed by atoms with Gasteiger partial charge in [0, 0.05) is 72.2 Å². The lowest BCUT2D eigenvalue weighted by atomic mass is 9.82. The maximum absolute atomic E-state index is 14.0. The third kappa shape index (κ3) is 6.46. The Labute approximate surface area is 275 Å². The number of benzene rings is 3. The second-order valence-corrected chi connectivity index (χ2v) is 11.9. The molecule has 0 spiro atoms. The first-order valence-corrected chi connectivity index (χ1v) is 15.6. The summed E-state index contributed by atoms with van der Waals surface area (Å²) in [6.07, 6.45) is 8.23. The highest BCUT2D eigenvalue weighted by atomic mass is 16.6. The van der Waals surface area contributed by atoms with E-state index in [1.807, 2.05) is 42.6 Å². The fourth-order valence-corrected chi connectivity index (χ4v) is 6.11. The predicted octanol–water partition coefficient (Wildman–Crippen LogP) is 4.40. The summed E-state index contributed by atoms with van der Waals surface area (Å²) in [4.78, 5) is 42.7. The van der Waals surface area contributed by atoms with Crippen molar-refractivity contribution in [2.45, 2.75) is 44.9 Å². The van der Waals surface area contributed by atoms with Gasteiger partial charge in [-0.05, 0) is 41.8 Å². The molecule has 13 nitrogen and oxygen atoms in total. The fraction of sp³-hybridized carbons (Fsp3) is 0.257. The number of aryl methyl sites for hydroxylation is 1. The maximum atomic E-state index is 14.0. The Bertz CT molecular complexity index is 2020. The standard InChI is InChI=1S/C35H35N7O6/c1-23(7-4-5-15-40-22-27(14-16-43)38-39-40)35(46)30-19-28(42(47)48)12-13-32(30)41(34(35)45)21-24-8-6-9-26(17-24)37-33(44)18-25-20-36-31-11-3-2-10-29(25)31/h2-4,6-13,17,19-20,22-23,36,43,46H,5,14-16,18,21H2,1H3,(H,37,44)/b7-4+/t23-,35+/m1/s1. The molecule has 0 saturated heterocycles. The minimum absolute atomic E-state index is 0.0200. The van der Waals surface area contributed by atoms with Crippen LogP contribution in [0.4, 0.5) is 17.1 Å². The minimum Gasteiger partial charge on any atom is -0.396 e. The van der Waals surface area contributed by atoms with Crippen molar-refractivity contribution in [2.24, 2.45) is 5.92 Å². The number of rotatable bonds is 13. The van der Waals surface area contributed by atoms with Crippen LogP contribution in [0, 0.1) is 16.0 Å². The Morgan fingerprint density at radius 3 is 2.81 bits per heavy atom. The predicted molar refractivity (Wildman–Crippen MR) is 179 cm³/mol. The van der Waals surface area contributed by atoms with Crippen LogP contribution in [0.1, 0.15) is 35.7 Å². The molecule has 13 heteroatoms. The van der Waals surface area contributed by atoms with Crippen molar-refractivity contribution in [3.8, 4) is 0 Å². The van der Waals surface area contributed by atoms with E-state index in [-0.39, 0.29) is 36.7 Å². The largest absolute Gasteiger partial charge is 0.396 e. The summed E-state index contributed by atoms with van der Waals surface area (Å²) < 4.78 is 1.65. The zero-order chi connectivity index (χ0) is 33.8. The molecule has 4 N–H and O–H groups in total. The monoisotopic (exact) mass is 649 g/mol. The van der Waals surface area contributed by atoms with Gasteiger partial charge in [-0.25, -0.2) is 0 Å². The van der Waals surface area contributed by atoms with Crippen LogP contribution >= 0.6 is 0 Å². The van der Waals surface area contributed by atoms with Crippen molar-refractivity contribution in [1.29, 1.82) is 0 Å². The lowest BCUT2D eigenvalue weighted by Crippen LogP contribution is -2.44. The van der Waals surface area contributed by atoms with E-state index >= 15 is 0 Å². The number of amides is 2. The van der Waals surface area contributed by atoms with E-state index in [2.05, 4.69) is 20.6 Å². The molecule has 2 amide bonds. The van der Waals surface area contributed by atoms with Gasteiger partial charge in [-0.15, -0.1) is 5.10 Å². The summed E-state index contributed by atoms with van der Waals surface area (Å²) in [5.41, 5.74) is 2.00. The number of nitro benzene ring substituents is 1. The average molecular weight is 650 g/mol. The number of anilines is 2. The van der Waals surface area contributed by atoms with Crippen LogP contribution in [0.3, 0.4) is 0 Å². The van der Waals surface area contributed by atoms with Crippen LogP contribution in [-0.4, -0.2) is 53.5 Å². The van der Waals surface area contributed by atoms with Crippen molar-refractivity contribution < 1.29 is 24.7 Å². The van der Waals surface area contributed by atoms with Crippen LogP contribution in [0.15, 0.2) is 91.3 Å². The number of carbonyl (C=O) groups is 2. The van der Waals surface area contributed by atoms with Crippen molar-refractivity contribution in [2.75, 3.05) is 16.8 Å². The summed E-state index contributed by atoms with van der Waals surface area (Å²) in [5, 5.41) is 44.7. The molecule has 1 aliphatic rings. The Kier molecular flexibility index (Phi) is 9.15. The number of H-pyrrole nitrogens is 1. The number of allylic oxidation sites excluding steroid dienone is 1. The molecule has 0 bridgehead atoms. The van der Waals surface area contributed by atoms with E-state index in [0.717, 1.165) is 16.5 Å². The molecular formula is C35H35N7O6. The highest BCUT2D eigenvalue weighted by molar-refractivity contribution is 6.07. The average Bonchev–Trinajstić information content (AvgIpc) is 3.76. The summed E-state index contributed by atoms with van der Waals surface area (Å²) in [7, 11) is 0. The summed E-state index contributed by atoms with van der Waals surface area (Å²) in [6.45, 7) is 2.24. The Morgan fingerprint density at radius 1 is 1.17 bits per heavy atom. The second kappa shape index (κ2) is 13.6. The van der Waals surface area contributed by atoms with Gasteiger partial charge in [0.05, 0.1) is 29.3 Å². The molecule has 1 aliphatic heterocycles. The fourth-order valence-electron chi connectivity index (χ4n) is 6.11. The first-order chi connectivity index (χ1) is 23.2. The number of aliphatic hydroxyl groups excluding tert-OH is 1. The summed E-state index contributed by atoms with van der Waals surface area (Å²) in [5.74, 6) is -1.53. The van der Waals surface area contributed by atoms with E-state index in [0.29, 0.717) is 42.0 Å². The molecule has 246 valence electrons. The Hall–Kier alpha value is -5.66. The molecule has 0 radical (unpaired) electrons. The molecule has 3 heterocycles. The number of para-hydroxylation sites is 1. The lowest BCUT2D eigenvalue weighted by Gasteiger charge is -2.27. The summed E-state index contributed by atoms with van der Waals surface area (Å²) in [6, 6.07) is 18.9. The number of hydrogen-bond acceptors (Lipinski definition) is 8. The van der Waals surface area contributed by atoms with Gasteiger partial charge in [0.1, 0.15) is 0 Å². The highest BCUT2D eigenvalue weighted by Crippen LogP contribution is 2.47. The van der Waals surface area contributed by atoms with Gasteiger partial charge in [-0.2, -0.15) is 0 Å². The zero-order valence-electron chi connectivity index (χ0n) is 26.2. The number of nitro groups is 1. The molecule has 2 atom stereocenters. The number of carbonyl (C=O) groups excluding carboxylic acids is 2. The minimum atomic E-state index is -2.05. The van der Waals surface area contributed by atoms with E-state index in [4.69, 9.17) is 5.11 Å². The number of aromatic nitrogens is 4. The van der Waals surface area contributed by atoms with Crippen LogP contribution in [0.5, 0.6) is 0 Å². The quantitative estimate of drug-likeness (QED) is 0.0823. The van der Waals surface area contributed by atoms with Gasteiger partial charge in [0.15, 0.2) is 5.60 Å². The highest BCUT2D eigenvalue weighted by Gasteiger charge is 2.53. The lowest BCUT2D eigenvalue weighted by molar-refractivity contribution is -0.385. The number of nitrogens with zero attached hydrogens (tertiary/aromatic N) is 5. The normalized spacial score (nSPS) is 16.5. The van der Waals surface area contributed by atoms with Crippen LogP contribution in [0.25, 0.3) is 10.9 Å². The number of fused-ring (bicyclic) bond motifs is 2. The summed E-state index contributed by atoms with van der Waals surface area (Å²) >= 11 is 0. The molecule has 0 unspecified atom stereocenters. The molecule has 48 heavy (non-hydrogen) atoms. The zero-order valence-corrected chi connectivity index (χ0v) is 26.2. The van der Waals surface area contributed by atoms with E-state index in [1.54, 1.807) is 42.1 Å². The van der Waals surface area contributed by atoms with Crippen LogP contribution in [-0.2, 0) is 41.1 Å². The molecule has 6 rings (SSSR count). The Balaban J connectivity index is 1.18. The SMILES string of the molecule is C[C@H](/C=C/CCn1cc(CCO)nn1)[C@@]1(O)C(=O)N(Cc2cccc(NC(=O)Cc3c[nH]c4ccccc34)c2)c2ccc([N+](=O)[O-])cc21. The number of non-ortho nitro benzene ring substituents is 1. The number of aliphatic hydroxyl groups is 2. The van der Waals surface area contributed by atoms with E-state index < -0.39 is 22.3 Å². The topological polar surface area (TPSA) is 180 Å². The van der Waals surface area contributed by atoms with Gasteiger partial charge in [0.2, 0.25) is 5.91 Å². The van der Waals surface area contributed by atoms with E-state index in [9.17, 15) is 24.8 Å². The molecule has 5 aromatic rings. The third-order valence-corrected chi connectivity index (χ3v) is 8.60. The molecule has 0 saturated carbocycles. The molecule has 3 aromatic carbocycles. The molecule has 0 aliphatic carbocycles. The number of aromatic amines is 1. The molecule has 2 aromatic heterocycles. The van der Waals surface area contributed by atoms with Crippen molar-refractivity contribution in [3.63, 3.8) is 0 Å². The second-order valence-electron chi connectivity index (χ2n) is 11.9. The third-order valence-electron chi connectivity index (χ3n) is 8.60. The van der Waals surface area contributed by atoms with Gasteiger partial charge in [-0.1, -0.05) is 54.6 Å². The van der Waals surface area contributed by atoms with E-state index in [1.165, 1.54) is 23.1 Å². The van der Waals surface area contributed by atoms with Crippen molar-refractivity contribution in [1.82, 2.24) is 20.0 Å². The smallest absolute Gasteiger partial charge is 0.269 e. The van der Waals surface area contributed by atoms with Crippen LogP contribution < -0.4 is 10.2 Å². The van der Waals surface area contributed by atoms with Crippen LogP contribution in [0.2, 0.25) is 0 Å². The first-order valence-electron chi connectivity index (χ1n) is 15.6. The van der Waals surface area contributed by atoms with Gasteiger partial charge < -0.3 is 25.4 Å². The molecular weight excluding hydrogens is 614 g/mol. The van der Waals surface area contributed by atoms with Crippen molar-refractivity contribution >= 4 is 39.8 Å². The van der Waals surface area contributed by atoms with Gasteiger partial charge >= 0.3 is 0 Å². The Morgan fingerprint density at radius 2 is 2.00 bits per heavy atom. The van der Waals surface area contributed by atoms with Crippen molar-refractivity contribution in [3.05, 3.63) is 124 Å². The maximum Gasteiger partial charge on any atom is 0.269 e. The number of hydrogen-bond donors (Lipinski definition) is 4. The molecule has 0 fully saturated rings. The van der Waals surface area contributed by atoms with Gasteiger partial charge in [0.25, 0.3) is 11.6 Å².